The largest absolute Gasteiger partial charge is 0.481 e. The maximum atomic E-state index is 10.4. The van der Waals surface area contributed by atoms with Gasteiger partial charge in [0.15, 0.2) is 4.34 Å². The lowest BCUT2D eigenvalue weighted by atomic mass is 10.3. The van der Waals surface area contributed by atoms with Crippen molar-refractivity contribution in [3.8, 4) is 0 Å². The van der Waals surface area contributed by atoms with Crippen LogP contribution in [0.5, 0.6) is 0 Å². The van der Waals surface area contributed by atoms with Crippen molar-refractivity contribution >= 4 is 45.5 Å². The second-order valence-corrected chi connectivity index (χ2v) is 6.62. The summed E-state index contributed by atoms with van der Waals surface area (Å²) in [5.41, 5.74) is 0. The Morgan fingerprint density at radius 3 is 3.11 bits per heavy atom. The molecule has 0 aromatic carbocycles. The third kappa shape index (κ3) is 3.69. The summed E-state index contributed by atoms with van der Waals surface area (Å²) in [7, 11) is 0. The summed E-state index contributed by atoms with van der Waals surface area (Å²) < 4.78 is 0.665. The van der Waals surface area contributed by atoms with E-state index in [4.69, 9.17) is 5.11 Å². The number of hydrogen-bond acceptors (Lipinski definition) is 7. The highest BCUT2D eigenvalue weighted by Gasteiger charge is 2.11. The van der Waals surface area contributed by atoms with E-state index in [0.29, 0.717) is 9.47 Å². The fourth-order valence-electron chi connectivity index (χ4n) is 1.24. The van der Waals surface area contributed by atoms with Gasteiger partial charge in [0.05, 0.1) is 11.8 Å². The standard InChI is InChI=1S/C10H11N3O2S3/c1-6(7-3-2-4-16-7)11-9-12-13-10(18-9)17-5-8(14)15/h2-4,6H,5H2,1H3,(H,11,12)(H,14,15). The van der Waals surface area contributed by atoms with Crippen molar-refractivity contribution in [1.29, 1.82) is 0 Å². The molecule has 2 aromatic rings. The molecular formula is C10H11N3O2S3. The molecule has 2 heterocycles. The number of thiophene rings is 1. The molecule has 0 aliphatic rings. The molecule has 2 aromatic heterocycles. The Morgan fingerprint density at radius 2 is 2.44 bits per heavy atom. The van der Waals surface area contributed by atoms with E-state index < -0.39 is 5.97 Å². The second kappa shape index (κ2) is 6.17. The first-order chi connectivity index (χ1) is 8.65. The second-order valence-electron chi connectivity index (χ2n) is 3.44. The van der Waals surface area contributed by atoms with E-state index in [1.54, 1.807) is 11.3 Å². The number of nitrogens with one attached hydrogen (secondary N) is 1. The Hall–Kier alpha value is -1.12. The highest BCUT2D eigenvalue weighted by Crippen LogP contribution is 2.29. The number of carbonyl (C=O) groups is 1. The lowest BCUT2D eigenvalue weighted by Gasteiger charge is -2.09. The Bertz CT molecular complexity index is 512. The monoisotopic (exact) mass is 301 g/mol. The maximum absolute atomic E-state index is 10.4. The summed E-state index contributed by atoms with van der Waals surface area (Å²) in [5.74, 6) is -0.841. The van der Waals surface area contributed by atoms with Crippen LogP contribution in [0.4, 0.5) is 5.13 Å². The van der Waals surface area contributed by atoms with Crippen LogP contribution in [0.3, 0.4) is 0 Å². The van der Waals surface area contributed by atoms with Gasteiger partial charge in [-0.05, 0) is 18.4 Å². The molecule has 1 atom stereocenters. The predicted molar refractivity (Wildman–Crippen MR) is 74.6 cm³/mol. The van der Waals surface area contributed by atoms with Gasteiger partial charge in [-0.3, -0.25) is 4.79 Å². The maximum Gasteiger partial charge on any atom is 0.313 e. The summed E-state index contributed by atoms with van der Waals surface area (Å²) in [5, 5.41) is 22.5. The van der Waals surface area contributed by atoms with Gasteiger partial charge in [-0.1, -0.05) is 29.2 Å². The van der Waals surface area contributed by atoms with Crippen LogP contribution in [-0.2, 0) is 4.79 Å². The average molecular weight is 301 g/mol. The Kier molecular flexibility index (Phi) is 4.56. The van der Waals surface area contributed by atoms with Crippen molar-refractivity contribution < 1.29 is 9.90 Å². The molecule has 18 heavy (non-hydrogen) atoms. The third-order valence-electron chi connectivity index (χ3n) is 2.04. The molecule has 0 saturated carbocycles. The number of nitrogens with zero attached hydrogens (tertiary/aromatic N) is 2. The SMILES string of the molecule is CC(Nc1nnc(SCC(=O)O)s1)c1cccs1. The molecule has 0 bridgehead atoms. The van der Waals surface area contributed by atoms with Crippen LogP contribution >= 0.6 is 34.4 Å². The van der Waals surface area contributed by atoms with E-state index in [-0.39, 0.29) is 11.8 Å². The number of aliphatic carboxylic acids is 1. The van der Waals surface area contributed by atoms with Gasteiger partial charge < -0.3 is 10.4 Å². The lowest BCUT2D eigenvalue weighted by Crippen LogP contribution is -2.04. The summed E-state index contributed by atoms with van der Waals surface area (Å²) in [6.07, 6.45) is 0. The van der Waals surface area contributed by atoms with Gasteiger partial charge in [-0.15, -0.1) is 21.5 Å². The van der Waals surface area contributed by atoms with Gasteiger partial charge in [-0.25, -0.2) is 0 Å². The molecule has 0 radical (unpaired) electrons. The first-order valence-corrected chi connectivity index (χ1v) is 7.81. The van der Waals surface area contributed by atoms with Crippen molar-refractivity contribution in [2.45, 2.75) is 17.3 Å². The zero-order chi connectivity index (χ0) is 13.0. The van der Waals surface area contributed by atoms with E-state index in [9.17, 15) is 4.79 Å². The summed E-state index contributed by atoms with van der Waals surface area (Å²) in [4.78, 5) is 11.7. The normalized spacial score (nSPS) is 12.3. The van der Waals surface area contributed by atoms with E-state index in [2.05, 4.69) is 28.5 Å². The zero-order valence-corrected chi connectivity index (χ0v) is 11.9. The van der Waals surface area contributed by atoms with Crippen molar-refractivity contribution in [2.75, 3.05) is 11.1 Å². The van der Waals surface area contributed by atoms with Crippen molar-refractivity contribution in [3.63, 3.8) is 0 Å². The number of carboxylic acids is 1. The highest BCUT2D eigenvalue weighted by atomic mass is 32.2. The third-order valence-corrected chi connectivity index (χ3v) is 5.06. The summed E-state index contributed by atoms with van der Waals surface area (Å²) >= 11 is 4.24. The Labute approximate surface area is 116 Å². The molecule has 2 N–H and O–H groups in total. The molecule has 0 amide bonds. The number of anilines is 1. The quantitative estimate of drug-likeness (QED) is 0.799. The van der Waals surface area contributed by atoms with Crippen LogP contribution in [0.2, 0.25) is 0 Å². The molecule has 5 nitrogen and oxygen atoms in total. The first kappa shape index (κ1) is 13.3. The van der Waals surface area contributed by atoms with Gasteiger partial charge in [0, 0.05) is 4.88 Å². The minimum absolute atomic E-state index is 0.00904. The molecule has 0 aliphatic carbocycles. The van der Waals surface area contributed by atoms with Crippen LogP contribution in [0.1, 0.15) is 17.8 Å². The number of aromatic nitrogens is 2. The fraction of sp³-hybridized carbons (Fsp3) is 0.300. The minimum atomic E-state index is -0.850. The van der Waals surface area contributed by atoms with Crippen molar-refractivity contribution in [2.24, 2.45) is 0 Å². The molecule has 0 saturated heterocycles. The molecule has 1 unspecified atom stereocenters. The zero-order valence-electron chi connectivity index (χ0n) is 9.49. The van der Waals surface area contributed by atoms with Gasteiger partial charge in [-0.2, -0.15) is 0 Å². The number of thioether (sulfide) groups is 1. The van der Waals surface area contributed by atoms with Crippen LogP contribution in [0.15, 0.2) is 21.9 Å². The van der Waals surface area contributed by atoms with Crippen LogP contribution in [-0.4, -0.2) is 27.0 Å². The topological polar surface area (TPSA) is 75.1 Å². The number of hydrogen-bond donors (Lipinski definition) is 2. The molecule has 0 fully saturated rings. The van der Waals surface area contributed by atoms with E-state index >= 15 is 0 Å². The average Bonchev–Trinajstić information content (AvgIpc) is 2.97. The van der Waals surface area contributed by atoms with Crippen LogP contribution in [0.25, 0.3) is 0 Å². The van der Waals surface area contributed by atoms with Gasteiger partial charge in [0.2, 0.25) is 5.13 Å². The lowest BCUT2D eigenvalue weighted by molar-refractivity contribution is -0.133. The summed E-state index contributed by atoms with van der Waals surface area (Å²) in [6, 6.07) is 4.24. The molecular weight excluding hydrogens is 290 g/mol. The summed E-state index contributed by atoms with van der Waals surface area (Å²) in [6.45, 7) is 2.05. The molecule has 0 aliphatic heterocycles. The van der Waals surface area contributed by atoms with E-state index in [1.807, 2.05) is 11.4 Å². The Morgan fingerprint density at radius 1 is 1.61 bits per heavy atom. The molecule has 96 valence electrons. The number of rotatable bonds is 6. The minimum Gasteiger partial charge on any atom is -0.481 e. The first-order valence-electron chi connectivity index (χ1n) is 5.13. The molecule has 2 rings (SSSR count). The Balaban J connectivity index is 1.92. The van der Waals surface area contributed by atoms with E-state index in [1.165, 1.54) is 28.0 Å². The number of carboxylic acid groups (broad SMARTS) is 1. The van der Waals surface area contributed by atoms with Gasteiger partial charge in [0.25, 0.3) is 0 Å². The van der Waals surface area contributed by atoms with Crippen LogP contribution < -0.4 is 5.32 Å². The van der Waals surface area contributed by atoms with Gasteiger partial charge >= 0.3 is 5.97 Å². The predicted octanol–water partition coefficient (Wildman–Crippen LogP) is 2.95. The van der Waals surface area contributed by atoms with E-state index in [0.717, 1.165) is 0 Å². The van der Waals surface area contributed by atoms with Crippen molar-refractivity contribution in [1.82, 2.24) is 10.2 Å². The smallest absolute Gasteiger partial charge is 0.313 e. The fourth-order valence-corrected chi connectivity index (χ4v) is 3.54. The molecule has 8 heteroatoms. The highest BCUT2D eigenvalue weighted by molar-refractivity contribution is 8.01. The van der Waals surface area contributed by atoms with Gasteiger partial charge in [0.1, 0.15) is 0 Å². The molecule has 0 spiro atoms. The van der Waals surface area contributed by atoms with Crippen molar-refractivity contribution in [3.05, 3.63) is 22.4 Å². The van der Waals surface area contributed by atoms with Crippen LogP contribution in [0, 0.1) is 0 Å².